The summed E-state index contributed by atoms with van der Waals surface area (Å²) in [6, 6.07) is 4.37. The summed E-state index contributed by atoms with van der Waals surface area (Å²) in [6.07, 6.45) is 4.19. The van der Waals surface area contributed by atoms with E-state index in [1.807, 2.05) is 11.8 Å². The summed E-state index contributed by atoms with van der Waals surface area (Å²) < 4.78 is 13.9. The number of benzene rings is 1. The number of thioether (sulfide) groups is 1. The molecule has 1 heterocycles. The van der Waals surface area contributed by atoms with Crippen LogP contribution in [0.15, 0.2) is 18.2 Å². The molecule has 3 nitrogen and oxygen atoms in total. The average Bonchev–Trinajstić information content (AvgIpc) is 2.77. The largest absolute Gasteiger partial charge is 0.337 e. The molecule has 1 unspecified atom stereocenters. The van der Waals surface area contributed by atoms with Gasteiger partial charge < -0.3 is 9.80 Å². The van der Waals surface area contributed by atoms with E-state index in [0.29, 0.717) is 18.3 Å². The lowest BCUT2D eigenvalue weighted by atomic mass is 10.1. The number of hydrogen-bond donors (Lipinski definition) is 0. The van der Waals surface area contributed by atoms with Crippen molar-refractivity contribution in [2.75, 3.05) is 39.0 Å². The SMILES string of the molecule is CSC(C)CCN1CCCN(C(=O)c2c(F)cccc2Cl)CC1. The summed E-state index contributed by atoms with van der Waals surface area (Å²) in [5.74, 6) is -0.843. The van der Waals surface area contributed by atoms with Crippen LogP contribution in [-0.2, 0) is 0 Å². The Balaban J connectivity index is 1.96. The van der Waals surface area contributed by atoms with Crippen molar-refractivity contribution in [1.82, 2.24) is 9.80 Å². The van der Waals surface area contributed by atoms with E-state index >= 15 is 0 Å². The molecule has 0 radical (unpaired) electrons. The Bertz CT molecular complexity index is 523. The first-order valence-electron chi connectivity index (χ1n) is 8.01. The molecular formula is C17H24ClFN2OS. The number of nitrogens with zero attached hydrogens (tertiary/aromatic N) is 2. The van der Waals surface area contributed by atoms with Gasteiger partial charge in [-0.3, -0.25) is 4.79 Å². The quantitative estimate of drug-likeness (QED) is 0.800. The Labute approximate surface area is 147 Å². The van der Waals surface area contributed by atoms with Gasteiger partial charge in [-0.15, -0.1) is 0 Å². The first-order chi connectivity index (χ1) is 11.0. The van der Waals surface area contributed by atoms with E-state index in [1.54, 1.807) is 11.0 Å². The smallest absolute Gasteiger partial charge is 0.258 e. The van der Waals surface area contributed by atoms with Gasteiger partial charge in [0.15, 0.2) is 0 Å². The molecule has 0 saturated carbocycles. The van der Waals surface area contributed by atoms with Crippen LogP contribution in [0.1, 0.15) is 30.1 Å². The molecule has 1 aliphatic rings. The van der Waals surface area contributed by atoms with Crippen LogP contribution < -0.4 is 0 Å². The number of carbonyl (C=O) groups excluding carboxylic acids is 1. The molecule has 6 heteroatoms. The summed E-state index contributed by atoms with van der Waals surface area (Å²) in [4.78, 5) is 16.7. The lowest BCUT2D eigenvalue weighted by Gasteiger charge is -2.23. The second kappa shape index (κ2) is 8.90. The molecule has 1 aromatic carbocycles. The zero-order chi connectivity index (χ0) is 16.8. The Morgan fingerprint density at radius 2 is 2.13 bits per heavy atom. The summed E-state index contributed by atoms with van der Waals surface area (Å²) >= 11 is 7.89. The van der Waals surface area contributed by atoms with E-state index < -0.39 is 5.82 Å². The van der Waals surface area contributed by atoms with Crippen LogP contribution in [0.4, 0.5) is 4.39 Å². The Hall–Kier alpha value is -0.780. The molecule has 2 rings (SSSR count). The third kappa shape index (κ3) is 5.10. The third-order valence-corrected chi connectivity index (χ3v) is 5.66. The van der Waals surface area contributed by atoms with Gasteiger partial charge in [-0.1, -0.05) is 24.6 Å². The number of halogens is 2. The Kier molecular flexibility index (Phi) is 7.18. The monoisotopic (exact) mass is 358 g/mol. The maximum Gasteiger partial charge on any atom is 0.258 e. The second-order valence-corrected chi connectivity index (χ2v) is 7.60. The summed E-state index contributed by atoms with van der Waals surface area (Å²) in [7, 11) is 0. The van der Waals surface area contributed by atoms with E-state index in [2.05, 4.69) is 18.1 Å². The van der Waals surface area contributed by atoms with Gasteiger partial charge >= 0.3 is 0 Å². The van der Waals surface area contributed by atoms with Gasteiger partial charge in [0.1, 0.15) is 5.82 Å². The van der Waals surface area contributed by atoms with Crippen molar-refractivity contribution < 1.29 is 9.18 Å². The normalized spacial score (nSPS) is 17.8. The summed E-state index contributed by atoms with van der Waals surface area (Å²) in [6.45, 7) is 6.37. The van der Waals surface area contributed by atoms with Crippen molar-refractivity contribution in [2.24, 2.45) is 0 Å². The number of carbonyl (C=O) groups is 1. The fraction of sp³-hybridized carbons (Fsp3) is 0.588. The van der Waals surface area contributed by atoms with E-state index in [-0.39, 0.29) is 16.5 Å². The van der Waals surface area contributed by atoms with Crippen molar-refractivity contribution in [2.45, 2.75) is 25.0 Å². The minimum Gasteiger partial charge on any atom is -0.337 e. The highest BCUT2D eigenvalue weighted by molar-refractivity contribution is 7.99. The highest BCUT2D eigenvalue weighted by Gasteiger charge is 2.24. The van der Waals surface area contributed by atoms with E-state index in [4.69, 9.17) is 11.6 Å². The molecule has 0 aliphatic carbocycles. The zero-order valence-corrected chi connectivity index (χ0v) is 15.3. The standard InChI is InChI=1S/C17H24ClFN2OS/c1-13(23-2)7-10-20-8-4-9-21(12-11-20)17(22)16-14(18)5-3-6-15(16)19/h3,5-6,13H,4,7-12H2,1-2H3. The second-order valence-electron chi connectivity index (χ2n) is 5.92. The molecule has 0 N–H and O–H groups in total. The molecule has 23 heavy (non-hydrogen) atoms. The number of amides is 1. The van der Waals surface area contributed by atoms with Crippen molar-refractivity contribution in [3.8, 4) is 0 Å². The number of hydrogen-bond acceptors (Lipinski definition) is 3. The fourth-order valence-corrected chi connectivity index (χ4v) is 3.33. The molecule has 0 bridgehead atoms. The first kappa shape index (κ1) is 18.6. The summed E-state index contributed by atoms with van der Waals surface area (Å²) in [5, 5.41) is 0.832. The van der Waals surface area contributed by atoms with Crippen LogP contribution in [-0.4, -0.2) is 59.9 Å². The van der Waals surface area contributed by atoms with E-state index in [9.17, 15) is 9.18 Å². The predicted molar refractivity (Wildman–Crippen MR) is 96.0 cm³/mol. The van der Waals surface area contributed by atoms with Crippen LogP contribution in [0.25, 0.3) is 0 Å². The van der Waals surface area contributed by atoms with Crippen LogP contribution in [0.3, 0.4) is 0 Å². The topological polar surface area (TPSA) is 23.6 Å². The van der Waals surface area contributed by atoms with Crippen LogP contribution >= 0.6 is 23.4 Å². The van der Waals surface area contributed by atoms with Crippen molar-refractivity contribution >= 4 is 29.3 Å². The van der Waals surface area contributed by atoms with E-state index in [1.165, 1.54) is 12.1 Å². The molecule has 0 spiro atoms. The molecule has 1 amide bonds. The highest BCUT2D eigenvalue weighted by atomic mass is 35.5. The van der Waals surface area contributed by atoms with Gasteiger partial charge in [0.2, 0.25) is 0 Å². The summed E-state index contributed by atoms with van der Waals surface area (Å²) in [5.41, 5.74) is -0.00128. The number of rotatable bonds is 5. The minimum atomic E-state index is -0.544. The van der Waals surface area contributed by atoms with E-state index in [0.717, 1.165) is 32.5 Å². The van der Waals surface area contributed by atoms with Crippen LogP contribution in [0.2, 0.25) is 5.02 Å². The lowest BCUT2D eigenvalue weighted by Crippen LogP contribution is -2.36. The molecule has 0 aromatic heterocycles. The van der Waals surface area contributed by atoms with Crippen LogP contribution in [0.5, 0.6) is 0 Å². The third-order valence-electron chi connectivity index (χ3n) is 4.31. The van der Waals surface area contributed by atoms with Gasteiger partial charge in [-0.05, 0) is 44.3 Å². The predicted octanol–water partition coefficient (Wildman–Crippen LogP) is 3.77. The minimum absolute atomic E-state index is 0.00128. The average molecular weight is 359 g/mol. The Morgan fingerprint density at radius 1 is 1.35 bits per heavy atom. The van der Waals surface area contributed by atoms with Crippen molar-refractivity contribution in [1.29, 1.82) is 0 Å². The van der Waals surface area contributed by atoms with Crippen LogP contribution in [0, 0.1) is 5.82 Å². The Morgan fingerprint density at radius 3 is 2.83 bits per heavy atom. The van der Waals surface area contributed by atoms with Gasteiger partial charge in [-0.25, -0.2) is 4.39 Å². The van der Waals surface area contributed by atoms with Crippen molar-refractivity contribution in [3.05, 3.63) is 34.6 Å². The maximum absolute atomic E-state index is 13.9. The molecular weight excluding hydrogens is 335 g/mol. The highest BCUT2D eigenvalue weighted by Crippen LogP contribution is 2.21. The molecule has 128 valence electrons. The van der Waals surface area contributed by atoms with Gasteiger partial charge in [-0.2, -0.15) is 11.8 Å². The molecule has 1 saturated heterocycles. The van der Waals surface area contributed by atoms with Gasteiger partial charge in [0, 0.05) is 24.9 Å². The van der Waals surface area contributed by atoms with Gasteiger partial charge in [0.05, 0.1) is 10.6 Å². The first-order valence-corrected chi connectivity index (χ1v) is 9.68. The molecule has 1 atom stereocenters. The molecule has 1 fully saturated rings. The molecule has 1 aliphatic heterocycles. The molecule has 1 aromatic rings. The van der Waals surface area contributed by atoms with Gasteiger partial charge in [0.25, 0.3) is 5.91 Å². The van der Waals surface area contributed by atoms with Crippen molar-refractivity contribution in [3.63, 3.8) is 0 Å². The maximum atomic E-state index is 13.9. The fourth-order valence-electron chi connectivity index (χ4n) is 2.74. The zero-order valence-electron chi connectivity index (χ0n) is 13.7. The lowest BCUT2D eigenvalue weighted by molar-refractivity contribution is 0.0757.